The number of aryl methyl sites for hydroxylation is 2. The summed E-state index contributed by atoms with van der Waals surface area (Å²) in [5, 5.41) is 11.7. The molecular formula is C24H20N4O4. The summed E-state index contributed by atoms with van der Waals surface area (Å²) in [7, 11) is 0. The number of ketones is 1. The Balaban J connectivity index is 1.63. The fourth-order valence-electron chi connectivity index (χ4n) is 3.15. The molecule has 0 atom stereocenters. The number of aromatic nitrogens is 4. The van der Waals surface area contributed by atoms with E-state index in [1.54, 1.807) is 18.2 Å². The minimum Gasteiger partial charge on any atom is -0.465 e. The first-order valence-corrected chi connectivity index (χ1v) is 9.90. The molecule has 0 N–H and O–H groups in total. The van der Waals surface area contributed by atoms with E-state index in [2.05, 4.69) is 15.5 Å². The molecule has 0 aliphatic heterocycles. The van der Waals surface area contributed by atoms with Crippen molar-refractivity contribution in [3.63, 3.8) is 0 Å². The Morgan fingerprint density at radius 1 is 1.06 bits per heavy atom. The van der Waals surface area contributed by atoms with Crippen LogP contribution in [0.4, 0.5) is 0 Å². The van der Waals surface area contributed by atoms with Crippen molar-refractivity contribution in [2.45, 2.75) is 13.8 Å². The first kappa shape index (κ1) is 20.9. The zero-order valence-electron chi connectivity index (χ0n) is 17.6. The molecule has 0 fully saturated rings. The molecule has 0 radical (unpaired) electrons. The summed E-state index contributed by atoms with van der Waals surface area (Å²) in [6, 6.07) is 18.1. The molecule has 8 heteroatoms. The van der Waals surface area contributed by atoms with E-state index >= 15 is 0 Å². The van der Waals surface area contributed by atoms with Crippen LogP contribution in [-0.2, 0) is 9.53 Å². The molecule has 0 bridgehead atoms. The number of rotatable bonds is 7. The Bertz CT molecular complexity index is 1270. The normalized spacial score (nSPS) is 11.4. The number of tetrazole rings is 1. The van der Waals surface area contributed by atoms with Gasteiger partial charge in [-0.05, 0) is 48.0 Å². The van der Waals surface area contributed by atoms with Crippen LogP contribution in [0.15, 0.2) is 71.3 Å². The first-order valence-electron chi connectivity index (χ1n) is 9.90. The lowest BCUT2D eigenvalue weighted by Gasteiger charge is -2.10. The Morgan fingerprint density at radius 2 is 1.88 bits per heavy atom. The molecule has 0 amide bonds. The molecule has 0 aliphatic rings. The van der Waals surface area contributed by atoms with Crippen molar-refractivity contribution in [1.29, 1.82) is 0 Å². The van der Waals surface area contributed by atoms with Crippen molar-refractivity contribution < 1.29 is 18.7 Å². The molecule has 2 heterocycles. The molecule has 2 aromatic carbocycles. The summed E-state index contributed by atoms with van der Waals surface area (Å²) in [6.45, 7) is 3.32. The Kier molecular flexibility index (Phi) is 6.03. The summed E-state index contributed by atoms with van der Waals surface area (Å²) >= 11 is 0. The first-order chi connectivity index (χ1) is 15.5. The number of esters is 1. The molecule has 160 valence electrons. The second kappa shape index (κ2) is 9.22. The van der Waals surface area contributed by atoms with Gasteiger partial charge in [0, 0.05) is 17.2 Å². The van der Waals surface area contributed by atoms with Crippen LogP contribution in [0.3, 0.4) is 0 Å². The van der Waals surface area contributed by atoms with Crippen molar-refractivity contribution >= 4 is 23.5 Å². The fraction of sp³-hybridized carbons (Fsp3) is 0.125. The topological polar surface area (TPSA) is 100 Å². The third kappa shape index (κ3) is 4.54. The minimum atomic E-state index is -0.760. The average Bonchev–Trinajstić information content (AvgIpc) is 3.50. The standard InChI is InChI=1S/C24H20N4O4/c1-16-10-11-17(2)20(13-16)22(29)15-32-24(30)21(14-19-9-6-12-31-19)28-23(25-26-27-28)18-7-4-3-5-8-18/h3-14H,15H2,1-2H3/b21-14-. The lowest BCUT2D eigenvalue weighted by Crippen LogP contribution is -2.19. The molecule has 0 saturated heterocycles. The van der Waals surface area contributed by atoms with E-state index in [1.165, 1.54) is 17.0 Å². The van der Waals surface area contributed by atoms with Crippen molar-refractivity contribution in [2.24, 2.45) is 0 Å². The molecular weight excluding hydrogens is 408 g/mol. The molecule has 0 saturated carbocycles. The van der Waals surface area contributed by atoms with Crippen LogP contribution in [0.5, 0.6) is 0 Å². The molecule has 4 rings (SSSR count). The fourth-order valence-corrected chi connectivity index (χ4v) is 3.15. The molecule has 2 aromatic heterocycles. The third-order valence-corrected chi connectivity index (χ3v) is 4.79. The highest BCUT2D eigenvalue weighted by molar-refractivity contribution is 6.16. The second-order valence-electron chi connectivity index (χ2n) is 7.14. The SMILES string of the molecule is Cc1ccc(C)c(C(=O)COC(=O)/C(=C/c2ccco2)n2nnnc2-c2ccccc2)c1. The van der Waals surface area contributed by atoms with Gasteiger partial charge in [0.1, 0.15) is 5.76 Å². The molecule has 0 unspecified atom stereocenters. The number of Topliss-reactive ketones (excluding diaryl/α,β-unsaturated/α-hetero) is 1. The summed E-state index contributed by atoms with van der Waals surface area (Å²) < 4.78 is 12.0. The highest BCUT2D eigenvalue weighted by Gasteiger charge is 2.22. The number of benzene rings is 2. The monoisotopic (exact) mass is 428 g/mol. The van der Waals surface area contributed by atoms with Crippen LogP contribution >= 0.6 is 0 Å². The van der Waals surface area contributed by atoms with Gasteiger partial charge < -0.3 is 9.15 Å². The van der Waals surface area contributed by atoms with Crippen molar-refractivity contribution in [1.82, 2.24) is 20.2 Å². The Morgan fingerprint density at radius 3 is 2.62 bits per heavy atom. The number of ether oxygens (including phenoxy) is 1. The maximum atomic E-state index is 13.0. The lowest BCUT2D eigenvalue weighted by molar-refractivity contribution is -0.136. The largest absolute Gasteiger partial charge is 0.465 e. The zero-order valence-corrected chi connectivity index (χ0v) is 17.6. The van der Waals surface area contributed by atoms with Crippen LogP contribution in [0.2, 0.25) is 0 Å². The Hall–Kier alpha value is -4.33. The predicted molar refractivity (Wildman–Crippen MR) is 117 cm³/mol. The number of hydrogen-bond acceptors (Lipinski definition) is 7. The Labute approximate surface area is 184 Å². The minimum absolute atomic E-state index is 0.0116. The number of carbonyl (C=O) groups is 2. The molecule has 0 spiro atoms. The summed E-state index contributed by atoms with van der Waals surface area (Å²) in [6.07, 6.45) is 2.95. The van der Waals surface area contributed by atoms with Crippen LogP contribution in [0.1, 0.15) is 27.2 Å². The highest BCUT2D eigenvalue weighted by atomic mass is 16.5. The number of furan rings is 1. The van der Waals surface area contributed by atoms with E-state index in [0.717, 1.165) is 11.1 Å². The van der Waals surface area contributed by atoms with Crippen molar-refractivity contribution in [3.05, 3.63) is 89.4 Å². The van der Waals surface area contributed by atoms with Gasteiger partial charge in [0.2, 0.25) is 5.78 Å². The van der Waals surface area contributed by atoms with Gasteiger partial charge in [-0.1, -0.05) is 48.0 Å². The van der Waals surface area contributed by atoms with Gasteiger partial charge in [-0.25, -0.2) is 4.79 Å². The van der Waals surface area contributed by atoms with Crippen LogP contribution in [0.25, 0.3) is 23.2 Å². The lowest BCUT2D eigenvalue weighted by atomic mass is 10.0. The van der Waals surface area contributed by atoms with Crippen molar-refractivity contribution in [2.75, 3.05) is 6.61 Å². The highest BCUT2D eigenvalue weighted by Crippen LogP contribution is 2.21. The average molecular weight is 428 g/mol. The van der Waals surface area contributed by atoms with Gasteiger partial charge in [-0.2, -0.15) is 4.68 Å². The van der Waals surface area contributed by atoms with Crippen LogP contribution in [-0.4, -0.2) is 38.6 Å². The molecule has 8 nitrogen and oxygen atoms in total. The molecule has 0 aliphatic carbocycles. The van der Waals surface area contributed by atoms with Crippen molar-refractivity contribution in [3.8, 4) is 11.4 Å². The predicted octanol–water partition coefficient (Wildman–Crippen LogP) is 3.97. The molecule has 4 aromatic rings. The summed E-state index contributed by atoms with van der Waals surface area (Å²) in [5.41, 5.74) is 3.00. The number of nitrogens with zero attached hydrogens (tertiary/aromatic N) is 4. The maximum absolute atomic E-state index is 13.0. The van der Waals surface area contributed by atoms with Gasteiger partial charge in [0.15, 0.2) is 18.1 Å². The van der Waals surface area contributed by atoms with Crippen LogP contribution in [0, 0.1) is 13.8 Å². The quantitative estimate of drug-likeness (QED) is 0.249. The van der Waals surface area contributed by atoms with Gasteiger partial charge in [-0.15, -0.1) is 5.10 Å². The van der Waals surface area contributed by atoms with E-state index < -0.39 is 12.6 Å². The summed E-state index contributed by atoms with van der Waals surface area (Å²) in [5.74, 6) is -0.296. The third-order valence-electron chi connectivity index (χ3n) is 4.79. The second-order valence-corrected chi connectivity index (χ2v) is 7.14. The maximum Gasteiger partial charge on any atom is 0.357 e. The zero-order chi connectivity index (χ0) is 22.5. The van der Waals surface area contributed by atoms with E-state index in [1.807, 2.05) is 56.3 Å². The molecule has 32 heavy (non-hydrogen) atoms. The van der Waals surface area contributed by atoms with Crippen LogP contribution < -0.4 is 0 Å². The number of carbonyl (C=O) groups excluding carboxylic acids is 2. The van der Waals surface area contributed by atoms with Gasteiger partial charge >= 0.3 is 5.97 Å². The van der Waals surface area contributed by atoms with Gasteiger partial charge in [0.25, 0.3) is 0 Å². The number of hydrogen-bond donors (Lipinski definition) is 0. The van der Waals surface area contributed by atoms with Gasteiger partial charge in [0.05, 0.1) is 6.26 Å². The smallest absolute Gasteiger partial charge is 0.357 e. The van der Waals surface area contributed by atoms with E-state index in [9.17, 15) is 9.59 Å². The summed E-state index contributed by atoms with van der Waals surface area (Å²) in [4.78, 5) is 25.7. The van der Waals surface area contributed by atoms with E-state index in [4.69, 9.17) is 9.15 Å². The van der Waals surface area contributed by atoms with Gasteiger partial charge in [-0.3, -0.25) is 4.79 Å². The van der Waals surface area contributed by atoms with E-state index in [0.29, 0.717) is 22.7 Å². The van der Waals surface area contributed by atoms with E-state index in [-0.39, 0.29) is 11.5 Å².